The second kappa shape index (κ2) is 7.42. The summed E-state index contributed by atoms with van der Waals surface area (Å²) >= 11 is 0.565. The molecule has 3 heterocycles. The van der Waals surface area contributed by atoms with Crippen LogP contribution in [0, 0.1) is 13.8 Å². The number of piperazine rings is 1. The molecular formula is C19H19F3N4O2S. The summed E-state index contributed by atoms with van der Waals surface area (Å²) in [4.78, 5) is 16.0. The van der Waals surface area contributed by atoms with Crippen molar-refractivity contribution in [3.8, 4) is 0 Å². The Morgan fingerprint density at radius 2 is 1.83 bits per heavy atom. The van der Waals surface area contributed by atoms with E-state index in [4.69, 9.17) is 4.42 Å². The lowest BCUT2D eigenvalue weighted by Crippen LogP contribution is -2.46. The number of hydrogen-bond donors (Lipinski definition) is 0. The van der Waals surface area contributed by atoms with E-state index in [0.29, 0.717) is 49.6 Å². The van der Waals surface area contributed by atoms with E-state index in [1.807, 2.05) is 30.9 Å². The van der Waals surface area contributed by atoms with Gasteiger partial charge in [0.05, 0.1) is 0 Å². The minimum atomic E-state index is -4.47. The van der Waals surface area contributed by atoms with Crippen LogP contribution in [0.15, 0.2) is 27.4 Å². The van der Waals surface area contributed by atoms with Gasteiger partial charge in [0.25, 0.3) is 0 Å². The lowest BCUT2D eigenvalue weighted by molar-refractivity contribution is -0.138. The molecule has 6 nitrogen and oxygen atoms in total. The summed E-state index contributed by atoms with van der Waals surface area (Å²) in [6.07, 6.45) is -4.47. The van der Waals surface area contributed by atoms with Gasteiger partial charge in [-0.1, -0.05) is 17.4 Å². The summed E-state index contributed by atoms with van der Waals surface area (Å²) in [5.41, 5.74) is 3.12. The molecule has 2 aromatic heterocycles. The predicted molar refractivity (Wildman–Crippen MR) is 104 cm³/mol. The zero-order valence-electron chi connectivity index (χ0n) is 15.9. The second-order valence-corrected chi connectivity index (χ2v) is 8.16. The first-order chi connectivity index (χ1) is 13.7. The lowest BCUT2D eigenvalue weighted by Gasteiger charge is -2.34. The minimum Gasteiger partial charge on any atom is -0.422 e. The summed E-state index contributed by atoms with van der Waals surface area (Å²) in [6.45, 7) is 6.87. The fourth-order valence-electron chi connectivity index (χ4n) is 3.61. The number of anilines is 1. The second-order valence-electron chi connectivity index (χ2n) is 7.20. The largest absolute Gasteiger partial charge is 0.445 e. The van der Waals surface area contributed by atoms with Crippen molar-refractivity contribution in [2.45, 2.75) is 26.6 Å². The molecule has 1 aromatic carbocycles. The van der Waals surface area contributed by atoms with Crippen molar-refractivity contribution < 1.29 is 17.6 Å². The van der Waals surface area contributed by atoms with E-state index in [1.54, 1.807) is 0 Å². The molecule has 0 spiro atoms. The molecule has 0 bridgehead atoms. The van der Waals surface area contributed by atoms with Crippen molar-refractivity contribution in [1.29, 1.82) is 0 Å². The van der Waals surface area contributed by atoms with E-state index < -0.39 is 11.2 Å². The van der Waals surface area contributed by atoms with Crippen molar-refractivity contribution in [3.63, 3.8) is 0 Å². The van der Waals surface area contributed by atoms with E-state index in [-0.39, 0.29) is 10.8 Å². The molecule has 0 aliphatic carbocycles. The smallest absolute Gasteiger partial charge is 0.422 e. The molecule has 0 amide bonds. The van der Waals surface area contributed by atoms with E-state index in [1.165, 1.54) is 6.07 Å². The Morgan fingerprint density at radius 3 is 2.48 bits per heavy atom. The number of aryl methyl sites for hydroxylation is 2. The molecule has 0 atom stereocenters. The summed E-state index contributed by atoms with van der Waals surface area (Å²) in [7, 11) is 0. The monoisotopic (exact) mass is 424 g/mol. The third kappa shape index (κ3) is 4.13. The van der Waals surface area contributed by atoms with E-state index in [9.17, 15) is 18.0 Å². The van der Waals surface area contributed by atoms with Crippen LogP contribution in [0.5, 0.6) is 0 Å². The van der Waals surface area contributed by atoms with Gasteiger partial charge in [-0.05, 0) is 36.6 Å². The molecule has 1 aliphatic rings. The first-order valence-corrected chi connectivity index (χ1v) is 9.94. The van der Waals surface area contributed by atoms with Crippen molar-refractivity contribution in [2.24, 2.45) is 0 Å². The molecule has 0 saturated carbocycles. The maximum atomic E-state index is 12.7. The number of benzene rings is 1. The van der Waals surface area contributed by atoms with Crippen LogP contribution in [0.4, 0.5) is 18.3 Å². The van der Waals surface area contributed by atoms with Gasteiger partial charge in [0, 0.05) is 44.2 Å². The molecule has 3 aromatic rings. The average Bonchev–Trinajstić information content (AvgIpc) is 3.14. The third-order valence-corrected chi connectivity index (χ3v) is 5.98. The molecule has 29 heavy (non-hydrogen) atoms. The van der Waals surface area contributed by atoms with Gasteiger partial charge in [-0.2, -0.15) is 13.2 Å². The number of fused-ring (bicyclic) bond motifs is 1. The van der Waals surface area contributed by atoms with Gasteiger partial charge in [-0.25, -0.2) is 4.79 Å². The highest BCUT2D eigenvalue weighted by molar-refractivity contribution is 7.15. The Balaban J connectivity index is 1.49. The molecule has 1 fully saturated rings. The van der Waals surface area contributed by atoms with Crippen molar-refractivity contribution in [3.05, 3.63) is 50.3 Å². The van der Waals surface area contributed by atoms with Crippen LogP contribution >= 0.6 is 11.3 Å². The van der Waals surface area contributed by atoms with Gasteiger partial charge in [-0.3, -0.25) is 4.90 Å². The predicted octanol–water partition coefficient (Wildman–Crippen LogP) is 3.60. The van der Waals surface area contributed by atoms with Crippen molar-refractivity contribution >= 4 is 27.4 Å². The summed E-state index contributed by atoms with van der Waals surface area (Å²) in [5.74, 6) is 0. The fraction of sp³-hybridized carbons (Fsp3) is 0.421. The van der Waals surface area contributed by atoms with E-state index in [2.05, 4.69) is 15.1 Å². The highest BCUT2D eigenvalue weighted by Gasteiger charge is 2.36. The number of hydrogen-bond acceptors (Lipinski definition) is 7. The van der Waals surface area contributed by atoms with Gasteiger partial charge >= 0.3 is 11.8 Å². The molecule has 10 heteroatoms. The Kier molecular flexibility index (Phi) is 5.07. The fourth-order valence-corrected chi connectivity index (χ4v) is 4.37. The van der Waals surface area contributed by atoms with Crippen LogP contribution in [0.2, 0.25) is 0 Å². The van der Waals surface area contributed by atoms with Gasteiger partial charge in [-0.15, -0.1) is 10.2 Å². The third-order valence-electron chi connectivity index (χ3n) is 4.95. The zero-order chi connectivity index (χ0) is 20.8. The lowest BCUT2D eigenvalue weighted by atomic mass is 10.0. The normalized spacial score (nSPS) is 16.0. The number of halogens is 3. The minimum absolute atomic E-state index is 0.286. The Morgan fingerprint density at radius 1 is 1.10 bits per heavy atom. The highest BCUT2D eigenvalue weighted by Crippen LogP contribution is 2.34. The van der Waals surface area contributed by atoms with Crippen LogP contribution in [0.1, 0.15) is 21.7 Å². The van der Waals surface area contributed by atoms with Gasteiger partial charge in [0.1, 0.15) is 5.58 Å². The highest BCUT2D eigenvalue weighted by atomic mass is 32.1. The van der Waals surface area contributed by atoms with Crippen LogP contribution in [-0.2, 0) is 12.7 Å². The molecular weight excluding hydrogens is 405 g/mol. The molecule has 1 saturated heterocycles. The van der Waals surface area contributed by atoms with Crippen molar-refractivity contribution in [1.82, 2.24) is 15.1 Å². The molecule has 0 N–H and O–H groups in total. The zero-order valence-corrected chi connectivity index (χ0v) is 16.7. The topological polar surface area (TPSA) is 62.5 Å². The van der Waals surface area contributed by atoms with Gasteiger partial charge in [0.15, 0.2) is 0 Å². The molecule has 0 unspecified atom stereocenters. The van der Waals surface area contributed by atoms with Crippen LogP contribution in [0.3, 0.4) is 0 Å². The van der Waals surface area contributed by atoms with E-state index in [0.717, 1.165) is 22.1 Å². The summed E-state index contributed by atoms with van der Waals surface area (Å²) < 4.78 is 43.6. The maximum Gasteiger partial charge on any atom is 0.445 e. The van der Waals surface area contributed by atoms with Crippen LogP contribution < -0.4 is 10.5 Å². The maximum absolute atomic E-state index is 12.7. The molecule has 4 rings (SSSR count). The number of nitrogens with zero attached hydrogens (tertiary/aromatic N) is 4. The van der Waals surface area contributed by atoms with Gasteiger partial charge < -0.3 is 9.32 Å². The summed E-state index contributed by atoms with van der Waals surface area (Å²) in [6, 6.07) is 5.51. The Hall–Kier alpha value is -2.46. The van der Waals surface area contributed by atoms with Crippen LogP contribution in [-0.4, -0.2) is 41.3 Å². The molecule has 154 valence electrons. The number of alkyl halides is 3. The van der Waals surface area contributed by atoms with Crippen molar-refractivity contribution in [2.75, 3.05) is 31.1 Å². The molecule has 0 radical (unpaired) electrons. The first-order valence-electron chi connectivity index (χ1n) is 9.13. The SMILES string of the molecule is Cc1cc(C)c2oc(=O)cc(CN3CCN(c4nnc(C(F)(F)F)s4)CC3)c2c1. The number of aromatic nitrogens is 2. The van der Waals surface area contributed by atoms with Gasteiger partial charge in [0.2, 0.25) is 10.1 Å². The number of rotatable bonds is 3. The quantitative estimate of drug-likeness (QED) is 0.599. The standard InChI is InChI=1S/C19H19F3N4O2S/c1-11-7-12(2)16-14(8-11)13(9-15(27)28-16)10-25-3-5-26(6-4-25)18-24-23-17(29-18)19(20,21)22/h7-9H,3-6,10H2,1-2H3. The van der Waals surface area contributed by atoms with E-state index >= 15 is 0 Å². The molecule has 1 aliphatic heterocycles. The Bertz CT molecular complexity index is 1100. The average molecular weight is 424 g/mol. The first kappa shape index (κ1) is 19.8. The summed E-state index contributed by atoms with van der Waals surface area (Å²) in [5, 5.41) is 7.22. The van der Waals surface area contributed by atoms with Crippen LogP contribution in [0.25, 0.3) is 11.0 Å². The Labute approximate surface area is 168 Å².